The van der Waals surface area contributed by atoms with E-state index in [9.17, 15) is 13.2 Å². The largest absolute Gasteiger partial charge is 0.368 e. The monoisotopic (exact) mass is 548 g/mol. The molecule has 13 heteroatoms. The Morgan fingerprint density at radius 3 is 2.97 bits per heavy atom. The van der Waals surface area contributed by atoms with Gasteiger partial charge in [-0.1, -0.05) is 0 Å². The smallest absolute Gasteiger partial charge is 0.333 e. The molecule has 0 radical (unpaired) electrons. The van der Waals surface area contributed by atoms with Crippen LogP contribution in [0.3, 0.4) is 0 Å². The van der Waals surface area contributed by atoms with Crippen molar-refractivity contribution in [1.29, 1.82) is 0 Å². The quantitative estimate of drug-likeness (QED) is 0.425. The van der Waals surface area contributed by atoms with Gasteiger partial charge >= 0.3 is 10.3 Å². The lowest BCUT2D eigenvalue weighted by Gasteiger charge is -2.25. The van der Waals surface area contributed by atoms with Crippen molar-refractivity contribution in [2.24, 2.45) is 16.0 Å². The van der Waals surface area contributed by atoms with Crippen LogP contribution >= 0.6 is 11.3 Å². The van der Waals surface area contributed by atoms with E-state index in [1.807, 2.05) is 33.0 Å². The van der Waals surface area contributed by atoms with E-state index in [-0.39, 0.29) is 36.6 Å². The Labute approximate surface area is 220 Å². The summed E-state index contributed by atoms with van der Waals surface area (Å²) in [6, 6.07) is 1.98. The van der Waals surface area contributed by atoms with Crippen LogP contribution in [-0.2, 0) is 25.8 Å². The third-order valence-electron chi connectivity index (χ3n) is 7.03. The lowest BCUT2D eigenvalue weighted by Crippen LogP contribution is -2.41. The van der Waals surface area contributed by atoms with Crippen molar-refractivity contribution in [2.75, 3.05) is 13.2 Å². The Kier molecular flexibility index (Phi) is 7.24. The van der Waals surface area contributed by atoms with Crippen LogP contribution in [0.5, 0.6) is 0 Å². The number of hydrogen-bond donors (Lipinski definition) is 3. The van der Waals surface area contributed by atoms with Crippen LogP contribution < -0.4 is 15.8 Å². The molecule has 0 aromatic carbocycles. The molecule has 0 amide bonds. The molecule has 0 bridgehead atoms. The van der Waals surface area contributed by atoms with Crippen molar-refractivity contribution in [3.8, 4) is 0 Å². The topological polar surface area (TPSA) is 150 Å². The van der Waals surface area contributed by atoms with E-state index in [0.717, 1.165) is 41.3 Å². The Hall–Kier alpha value is -2.58. The van der Waals surface area contributed by atoms with Crippen molar-refractivity contribution in [2.45, 2.75) is 64.9 Å². The number of Topliss-reactive ketones (excluding diaryl/α,β-unsaturated/α-hetero) is 1. The van der Waals surface area contributed by atoms with Gasteiger partial charge in [0.25, 0.3) is 0 Å². The van der Waals surface area contributed by atoms with E-state index in [2.05, 4.69) is 25.2 Å². The Bertz CT molecular complexity index is 1360. The summed E-state index contributed by atoms with van der Waals surface area (Å²) in [5.74, 6) is 1.45. The molecule has 2 aromatic rings. The highest BCUT2D eigenvalue weighted by Crippen LogP contribution is 2.36. The number of carbonyl (C=O) groups excluding carboxylic acids is 1. The molecule has 1 saturated carbocycles. The van der Waals surface area contributed by atoms with E-state index in [1.54, 1.807) is 6.21 Å². The number of thiophene rings is 1. The number of nitrogens with two attached hydrogens (primary N) is 1. The van der Waals surface area contributed by atoms with Crippen molar-refractivity contribution in [1.82, 2.24) is 20.2 Å². The first-order valence-electron chi connectivity index (χ1n) is 12.4. The van der Waals surface area contributed by atoms with Gasteiger partial charge in [0.05, 0.1) is 23.7 Å². The van der Waals surface area contributed by atoms with Crippen molar-refractivity contribution < 1.29 is 22.1 Å². The van der Waals surface area contributed by atoms with Gasteiger partial charge < -0.3 is 19.9 Å². The fourth-order valence-electron chi connectivity index (χ4n) is 5.17. The number of ketones is 1. The van der Waals surface area contributed by atoms with Crippen LogP contribution in [0.25, 0.3) is 0 Å². The lowest BCUT2D eigenvalue weighted by atomic mass is 10.0. The number of imidazole rings is 1. The molecule has 2 aromatic heterocycles. The SMILES string of the molecule is Cc1sc(C(=O)C2=C(NC3CC[C@@H](COS(N)(=O)=O)C3)NC(C)N=C2)cc1C1OCCn2c(C)cnc21. The summed E-state index contributed by atoms with van der Waals surface area (Å²) in [5, 5.41) is 11.7. The molecule has 0 saturated heterocycles. The number of rotatable bonds is 8. The number of hydrogen-bond acceptors (Lipinski definition) is 10. The van der Waals surface area contributed by atoms with Crippen molar-refractivity contribution in [3.05, 3.63) is 50.5 Å². The lowest BCUT2D eigenvalue weighted by molar-refractivity contribution is 0.0423. The van der Waals surface area contributed by atoms with Crippen molar-refractivity contribution in [3.63, 3.8) is 0 Å². The number of aromatic nitrogens is 2. The van der Waals surface area contributed by atoms with Crippen LogP contribution in [0.15, 0.2) is 28.6 Å². The molecule has 1 aliphatic carbocycles. The maximum Gasteiger partial charge on any atom is 0.333 e. The second kappa shape index (κ2) is 10.3. The molecule has 2 aliphatic heterocycles. The van der Waals surface area contributed by atoms with Gasteiger partial charge in [-0.25, -0.2) is 10.1 Å². The molecule has 4 heterocycles. The first kappa shape index (κ1) is 26.0. The minimum absolute atomic E-state index is 0.0609. The molecule has 200 valence electrons. The van der Waals surface area contributed by atoms with Gasteiger partial charge in [0, 0.05) is 41.1 Å². The molecule has 37 heavy (non-hydrogen) atoms. The normalized spacial score (nSPS) is 25.7. The molecular formula is C24H32N6O5S2. The summed E-state index contributed by atoms with van der Waals surface area (Å²) in [4.78, 5) is 24.3. The van der Waals surface area contributed by atoms with Gasteiger partial charge in [0.15, 0.2) is 0 Å². The molecule has 4 N–H and O–H groups in total. The second-order valence-corrected chi connectivity index (χ2v) is 12.3. The standard InChI is InChI=1S/C24H32N6O5S2/c1-13-10-27-24-22(34-7-6-30(13)24)18-9-20(36-14(18)2)21(31)19-11-26-15(3)28-23(19)29-17-5-4-16(8-17)12-35-37(25,32)33/h9-11,15-17,22,28-29H,4-8,12H2,1-3H3,(H2,25,32,33)/t15?,16-,17?,22?/m1/s1. The number of nitrogens with one attached hydrogen (secondary N) is 2. The van der Waals surface area contributed by atoms with Gasteiger partial charge in [0.2, 0.25) is 5.78 Å². The molecular weight excluding hydrogens is 516 g/mol. The van der Waals surface area contributed by atoms with Gasteiger partial charge in [-0.05, 0) is 52.0 Å². The number of aryl methyl sites for hydroxylation is 2. The first-order chi connectivity index (χ1) is 17.6. The maximum absolute atomic E-state index is 13.7. The summed E-state index contributed by atoms with van der Waals surface area (Å²) in [5.41, 5.74) is 2.52. The summed E-state index contributed by atoms with van der Waals surface area (Å²) >= 11 is 1.44. The third-order valence-corrected chi connectivity index (χ3v) is 8.56. The Morgan fingerprint density at radius 1 is 1.38 bits per heavy atom. The highest BCUT2D eigenvalue weighted by Gasteiger charge is 2.32. The Morgan fingerprint density at radius 2 is 2.19 bits per heavy atom. The molecule has 3 unspecified atom stereocenters. The van der Waals surface area contributed by atoms with Gasteiger partial charge in [-0.3, -0.25) is 14.0 Å². The summed E-state index contributed by atoms with van der Waals surface area (Å²) in [6.07, 6.45) is 5.33. The van der Waals surface area contributed by atoms with Crippen LogP contribution in [0, 0.1) is 19.8 Å². The van der Waals surface area contributed by atoms with Crippen LogP contribution in [0.2, 0.25) is 0 Å². The fourth-order valence-corrected chi connectivity index (χ4v) is 6.55. The highest BCUT2D eigenvalue weighted by molar-refractivity contribution is 7.84. The zero-order valence-corrected chi connectivity index (χ0v) is 22.7. The minimum Gasteiger partial charge on any atom is -0.368 e. The van der Waals surface area contributed by atoms with E-state index >= 15 is 0 Å². The zero-order chi connectivity index (χ0) is 26.3. The Balaban J connectivity index is 1.35. The van der Waals surface area contributed by atoms with Crippen molar-refractivity contribution >= 4 is 33.6 Å². The summed E-state index contributed by atoms with van der Waals surface area (Å²) in [7, 11) is -3.96. The van der Waals surface area contributed by atoms with Crippen LogP contribution in [0.4, 0.5) is 0 Å². The number of fused-ring (bicyclic) bond motifs is 1. The molecule has 4 atom stereocenters. The number of aliphatic imine (C=N–C) groups is 1. The molecule has 0 spiro atoms. The predicted octanol–water partition coefficient (Wildman–Crippen LogP) is 2.07. The van der Waals surface area contributed by atoms with E-state index < -0.39 is 10.3 Å². The molecule has 5 rings (SSSR count). The summed E-state index contributed by atoms with van der Waals surface area (Å²) in [6.45, 7) is 7.36. The number of nitrogens with zero attached hydrogens (tertiary/aromatic N) is 3. The molecule has 3 aliphatic rings. The van der Waals surface area contributed by atoms with Gasteiger partial charge in [-0.15, -0.1) is 11.3 Å². The number of carbonyl (C=O) groups is 1. The van der Waals surface area contributed by atoms with Gasteiger partial charge in [-0.2, -0.15) is 8.42 Å². The molecule has 11 nitrogen and oxygen atoms in total. The second-order valence-electron chi connectivity index (χ2n) is 9.80. The van der Waals surface area contributed by atoms with E-state index in [0.29, 0.717) is 29.3 Å². The molecule has 1 fully saturated rings. The summed E-state index contributed by atoms with van der Waals surface area (Å²) < 4.78 is 35.3. The van der Waals surface area contributed by atoms with E-state index in [1.165, 1.54) is 11.3 Å². The fraction of sp³-hybridized carbons (Fsp3) is 0.542. The van der Waals surface area contributed by atoms with E-state index in [4.69, 9.17) is 14.1 Å². The average molecular weight is 549 g/mol. The zero-order valence-electron chi connectivity index (χ0n) is 21.1. The predicted molar refractivity (Wildman–Crippen MR) is 140 cm³/mol. The highest BCUT2D eigenvalue weighted by atomic mass is 32.2. The minimum atomic E-state index is -3.96. The maximum atomic E-state index is 13.7. The van der Waals surface area contributed by atoms with Crippen LogP contribution in [0.1, 0.15) is 63.9 Å². The average Bonchev–Trinajstić information content (AvgIpc) is 3.56. The van der Waals surface area contributed by atoms with Crippen LogP contribution in [-0.4, -0.2) is 55.4 Å². The third kappa shape index (κ3) is 5.65. The number of ether oxygens (including phenoxy) is 1. The first-order valence-corrected chi connectivity index (χ1v) is 14.6. The van der Waals surface area contributed by atoms with Gasteiger partial charge in [0.1, 0.15) is 23.9 Å². The number of allylic oxidation sites excluding steroid dienone is 1.